The second-order valence-corrected chi connectivity index (χ2v) is 9.21. The molecule has 11 heteroatoms. The van der Waals surface area contributed by atoms with Crippen LogP contribution in [0, 0.1) is 30.2 Å². The molecule has 31 heavy (non-hydrogen) atoms. The minimum atomic E-state index is -4.45. The van der Waals surface area contributed by atoms with Gasteiger partial charge in [0, 0.05) is 28.4 Å². The Balaban J connectivity index is 1.94. The van der Waals surface area contributed by atoms with Crippen molar-refractivity contribution in [2.45, 2.75) is 45.6 Å². The molecule has 0 saturated carbocycles. The topological polar surface area (TPSA) is 75.7 Å². The van der Waals surface area contributed by atoms with E-state index in [1.165, 1.54) is 23.1 Å². The van der Waals surface area contributed by atoms with Crippen molar-refractivity contribution in [2.75, 3.05) is 9.62 Å². The molecular weight excluding hydrogens is 440 g/mol. The summed E-state index contributed by atoms with van der Waals surface area (Å²) in [5.41, 5.74) is -1.04. The lowest BCUT2D eigenvalue weighted by molar-refractivity contribution is 0.106. The van der Waals surface area contributed by atoms with Gasteiger partial charge < -0.3 is 4.74 Å². The molecule has 0 bridgehead atoms. The number of amides is 1. The zero-order valence-corrected chi connectivity index (χ0v) is 17.9. The van der Waals surface area contributed by atoms with Gasteiger partial charge in [-0.25, -0.2) is 30.8 Å². The zero-order chi connectivity index (χ0) is 23.2. The summed E-state index contributed by atoms with van der Waals surface area (Å²) in [4.78, 5) is 13.5. The lowest BCUT2D eigenvalue weighted by Gasteiger charge is -2.35. The second-order valence-electron chi connectivity index (χ2n) is 7.48. The lowest BCUT2D eigenvalue weighted by atomic mass is 10.0. The molecule has 2 aromatic rings. The third kappa shape index (κ3) is 4.18. The van der Waals surface area contributed by atoms with Gasteiger partial charge in [-0.3, -0.25) is 9.62 Å². The van der Waals surface area contributed by atoms with Crippen LogP contribution in [0.1, 0.15) is 43.6 Å². The number of benzene rings is 2. The smallest absolute Gasteiger partial charge is 0.415 e. The first-order valence-electron chi connectivity index (χ1n) is 9.29. The average Bonchev–Trinajstić information content (AvgIpc) is 2.68. The minimum absolute atomic E-state index is 0.0288. The second kappa shape index (κ2) is 8.03. The number of hydrogen-bond acceptors (Lipinski definition) is 4. The Labute approximate surface area is 176 Å². The number of cyclic esters (lactones) is 1. The maximum Gasteiger partial charge on any atom is 0.415 e. The first-order chi connectivity index (χ1) is 14.3. The molecule has 3 rings (SSSR count). The number of rotatable bonds is 5. The van der Waals surface area contributed by atoms with E-state index in [1.807, 2.05) is 0 Å². The highest BCUT2D eigenvalue weighted by atomic mass is 32.2. The van der Waals surface area contributed by atoms with E-state index in [-0.39, 0.29) is 11.7 Å². The number of carbonyl (C=O) groups is 1. The molecule has 1 amide bonds. The van der Waals surface area contributed by atoms with E-state index >= 15 is 0 Å². The Kier molecular flexibility index (Phi) is 5.92. The number of fused-ring (bicyclic) bond motifs is 1. The molecule has 1 aliphatic rings. The summed E-state index contributed by atoms with van der Waals surface area (Å²) in [5.74, 6) is -8.15. The van der Waals surface area contributed by atoms with Gasteiger partial charge in [-0.1, -0.05) is 0 Å². The highest BCUT2D eigenvalue weighted by Gasteiger charge is 2.33. The van der Waals surface area contributed by atoms with Crippen molar-refractivity contribution in [2.24, 2.45) is 0 Å². The molecule has 0 saturated heterocycles. The van der Waals surface area contributed by atoms with Crippen LogP contribution in [0.5, 0.6) is 0 Å². The van der Waals surface area contributed by atoms with Gasteiger partial charge >= 0.3 is 6.09 Å². The number of hydrogen-bond donors (Lipinski definition) is 1. The molecule has 168 valence electrons. The molecule has 1 heterocycles. The normalized spacial score (nSPS) is 16.4. The molecule has 1 N–H and O–H groups in total. The monoisotopic (exact) mass is 460 g/mol. The molecule has 0 spiro atoms. The highest BCUT2D eigenvalue weighted by Crippen LogP contribution is 2.37. The van der Waals surface area contributed by atoms with Crippen molar-refractivity contribution < 1.29 is 35.5 Å². The highest BCUT2D eigenvalue weighted by molar-refractivity contribution is 7.91. The fourth-order valence-electron chi connectivity index (χ4n) is 3.34. The molecule has 1 unspecified atom stereocenters. The van der Waals surface area contributed by atoms with Gasteiger partial charge in [0.1, 0.15) is 11.9 Å². The van der Waals surface area contributed by atoms with Crippen LogP contribution in [-0.4, -0.2) is 20.6 Å². The van der Waals surface area contributed by atoms with Gasteiger partial charge in [0.05, 0.1) is 5.69 Å². The minimum Gasteiger partial charge on any atom is -0.441 e. The number of halogens is 4. The fraction of sp³-hybridized carbons (Fsp3) is 0.350. The van der Waals surface area contributed by atoms with Gasteiger partial charge in [-0.2, -0.15) is 0 Å². The molecule has 0 aromatic heterocycles. The summed E-state index contributed by atoms with van der Waals surface area (Å²) in [7, 11) is -4.45. The molecular formula is C20H20F4N2O4S. The van der Waals surface area contributed by atoms with Gasteiger partial charge in [-0.15, -0.1) is 0 Å². The van der Waals surface area contributed by atoms with E-state index in [0.29, 0.717) is 11.3 Å². The summed E-state index contributed by atoms with van der Waals surface area (Å²) >= 11 is 0. The molecule has 1 atom stereocenters. The Morgan fingerprint density at radius 2 is 1.68 bits per heavy atom. The summed E-state index contributed by atoms with van der Waals surface area (Å²) in [6.07, 6.45) is -1.21. The maximum absolute atomic E-state index is 14.1. The Morgan fingerprint density at radius 3 is 2.23 bits per heavy atom. The number of carbonyl (C=O) groups excluding carboxylic acids is 1. The lowest BCUT2D eigenvalue weighted by Crippen LogP contribution is -2.41. The maximum atomic E-state index is 14.1. The van der Waals surface area contributed by atoms with Crippen molar-refractivity contribution >= 4 is 27.5 Å². The molecule has 0 fully saturated rings. The quantitative estimate of drug-likeness (QED) is 0.508. The first-order valence-corrected chi connectivity index (χ1v) is 10.9. The number of anilines is 2. The number of nitrogens with zero attached hydrogens (tertiary/aromatic N) is 1. The van der Waals surface area contributed by atoms with Crippen LogP contribution in [0.3, 0.4) is 0 Å². The molecule has 1 aliphatic heterocycles. The summed E-state index contributed by atoms with van der Waals surface area (Å²) in [5, 5.41) is 0. The summed E-state index contributed by atoms with van der Waals surface area (Å²) in [6, 6.07) is 4.07. The van der Waals surface area contributed by atoms with Crippen molar-refractivity contribution in [3.05, 3.63) is 58.2 Å². The average molecular weight is 460 g/mol. The Bertz CT molecular complexity index is 1140. The van der Waals surface area contributed by atoms with E-state index in [0.717, 1.165) is 6.92 Å². The zero-order valence-electron chi connectivity index (χ0n) is 17.1. The SMILES string of the molecule is Cc1c(F)c(F)c(CS(=O)(=O)Nc2ccc3c(c2)C(C)OC(=O)N3C(C)C)c(F)c1F. The predicted molar refractivity (Wildman–Crippen MR) is 106 cm³/mol. The van der Waals surface area contributed by atoms with Crippen LogP contribution in [0.25, 0.3) is 0 Å². The number of nitrogens with one attached hydrogen (secondary N) is 1. The number of ether oxygens (including phenoxy) is 1. The standard InChI is InChI=1S/C20H20F4N2O4S/c1-9(2)26-15-6-5-12(7-13(15)11(4)30-20(26)27)25-31(28,29)8-14-18(23)16(21)10(3)17(22)19(14)24/h5-7,9,11,25H,8H2,1-4H3. The molecule has 0 radical (unpaired) electrons. The van der Waals surface area contributed by atoms with Crippen LogP contribution in [0.4, 0.5) is 33.7 Å². The van der Waals surface area contributed by atoms with Crippen LogP contribution in [0.15, 0.2) is 18.2 Å². The third-order valence-electron chi connectivity index (χ3n) is 4.90. The van der Waals surface area contributed by atoms with E-state index in [4.69, 9.17) is 4.74 Å². The van der Waals surface area contributed by atoms with Crippen molar-refractivity contribution in [3.8, 4) is 0 Å². The fourth-order valence-corrected chi connectivity index (χ4v) is 4.53. The van der Waals surface area contributed by atoms with Crippen molar-refractivity contribution in [1.82, 2.24) is 0 Å². The van der Waals surface area contributed by atoms with Gasteiger partial charge in [0.2, 0.25) is 10.0 Å². The van der Waals surface area contributed by atoms with Crippen LogP contribution >= 0.6 is 0 Å². The van der Waals surface area contributed by atoms with Gasteiger partial charge in [0.25, 0.3) is 0 Å². The van der Waals surface area contributed by atoms with E-state index in [1.54, 1.807) is 20.8 Å². The van der Waals surface area contributed by atoms with E-state index in [9.17, 15) is 30.8 Å². The van der Waals surface area contributed by atoms with E-state index in [2.05, 4.69) is 4.72 Å². The number of sulfonamides is 1. The molecule has 2 aromatic carbocycles. The van der Waals surface area contributed by atoms with E-state index < -0.39 is 62.4 Å². The molecule has 0 aliphatic carbocycles. The van der Waals surface area contributed by atoms with Crippen LogP contribution in [-0.2, 0) is 20.5 Å². The third-order valence-corrected chi connectivity index (χ3v) is 6.11. The largest absolute Gasteiger partial charge is 0.441 e. The van der Waals surface area contributed by atoms with Crippen LogP contribution < -0.4 is 9.62 Å². The molecule has 6 nitrogen and oxygen atoms in total. The van der Waals surface area contributed by atoms with Gasteiger partial charge in [-0.05, 0) is 45.9 Å². The summed E-state index contributed by atoms with van der Waals surface area (Å²) < 4.78 is 88.0. The summed E-state index contributed by atoms with van der Waals surface area (Å²) in [6.45, 7) is 6.01. The van der Waals surface area contributed by atoms with Crippen LogP contribution in [0.2, 0.25) is 0 Å². The first kappa shape index (κ1) is 22.9. The van der Waals surface area contributed by atoms with Crippen molar-refractivity contribution in [1.29, 1.82) is 0 Å². The predicted octanol–water partition coefficient (Wildman–Crippen LogP) is 4.92. The van der Waals surface area contributed by atoms with Gasteiger partial charge in [0.15, 0.2) is 23.3 Å². The van der Waals surface area contributed by atoms with Crippen molar-refractivity contribution in [3.63, 3.8) is 0 Å². The Hall–Kier alpha value is -2.82. The Morgan fingerprint density at radius 1 is 1.10 bits per heavy atom.